The molecule has 254 valence electrons. The number of hydrogen-bond acceptors (Lipinski definition) is 5. The quantitative estimate of drug-likeness (QED) is 0.135. The minimum Gasteiger partial charge on any atom is -0.308 e. The third-order valence-corrected chi connectivity index (χ3v) is 9.77. The second kappa shape index (κ2) is 14.0. The maximum absolute atomic E-state index is 4.96. The van der Waals surface area contributed by atoms with Crippen molar-refractivity contribution in [3.8, 4) is 0 Å². The van der Waals surface area contributed by atoms with Gasteiger partial charge in [-0.05, 0) is 80.9 Å². The Morgan fingerprint density at radius 3 is 1.75 bits per heavy atom. The van der Waals surface area contributed by atoms with Gasteiger partial charge in [-0.3, -0.25) is 0 Å². The minimum atomic E-state index is -0.847. The summed E-state index contributed by atoms with van der Waals surface area (Å²) in [4.78, 5) is 9.85. The predicted molar refractivity (Wildman–Crippen MR) is 208 cm³/mol. The van der Waals surface area contributed by atoms with Crippen molar-refractivity contribution < 1.29 is 0 Å². The van der Waals surface area contributed by atoms with Crippen LogP contribution in [-0.4, -0.2) is 34.7 Å². The van der Waals surface area contributed by atoms with Crippen LogP contribution in [0.25, 0.3) is 22.8 Å². The van der Waals surface area contributed by atoms with Crippen LogP contribution in [0.5, 0.6) is 0 Å². The lowest BCUT2D eigenvalue weighted by Crippen LogP contribution is -2.39. The van der Waals surface area contributed by atoms with Crippen LogP contribution in [0.4, 0.5) is 0 Å². The average molecular weight is 678 g/mol. The van der Waals surface area contributed by atoms with Crippen LogP contribution < -0.4 is 0 Å². The lowest BCUT2D eigenvalue weighted by Gasteiger charge is -2.36. The number of imidazole rings is 1. The molecule has 0 unspecified atom stereocenters. The van der Waals surface area contributed by atoms with Gasteiger partial charge < -0.3 is 4.57 Å². The van der Waals surface area contributed by atoms with Crippen molar-refractivity contribution in [2.75, 3.05) is 0 Å². The van der Waals surface area contributed by atoms with Crippen LogP contribution >= 0.6 is 0 Å². The Labute approximate surface area is 304 Å². The Kier molecular flexibility index (Phi) is 8.83. The molecule has 8 aromatic rings. The molecule has 7 heteroatoms. The molecule has 0 amide bonds. The van der Waals surface area contributed by atoms with E-state index in [9.17, 15) is 0 Å². The smallest absolute Gasteiger partial charge is 0.177 e. The van der Waals surface area contributed by atoms with Crippen molar-refractivity contribution in [1.82, 2.24) is 34.7 Å². The zero-order valence-corrected chi connectivity index (χ0v) is 29.6. The first-order chi connectivity index (χ1) is 25.6. The van der Waals surface area contributed by atoms with Crippen LogP contribution in [-0.2, 0) is 18.5 Å². The summed E-state index contributed by atoms with van der Waals surface area (Å²) in [6.07, 6.45) is 2.95. The molecule has 0 N–H and O–H groups in total. The number of hydrogen-bond donors (Lipinski definition) is 0. The van der Waals surface area contributed by atoms with Gasteiger partial charge in [-0.15, -0.1) is 5.10 Å². The van der Waals surface area contributed by atoms with Crippen molar-refractivity contribution >= 4 is 22.8 Å². The topological polar surface area (TPSA) is 74.3 Å². The number of benzene rings is 5. The van der Waals surface area contributed by atoms with E-state index in [1.54, 1.807) is 0 Å². The summed E-state index contributed by atoms with van der Waals surface area (Å²) in [7, 11) is 0. The fourth-order valence-electron chi connectivity index (χ4n) is 7.36. The van der Waals surface area contributed by atoms with Crippen molar-refractivity contribution in [3.63, 3.8) is 0 Å². The zero-order valence-electron chi connectivity index (χ0n) is 29.6. The SMILES string of the molecule is CCc1nc2c(C)cc(C)nc2n1Cc1ccc(C(=Cc2nnnn2C(c2ccccc2)(c2ccccc2)c2ccccc2)c2ccccc2)cc1. The number of aryl methyl sites for hydroxylation is 3. The molecule has 7 nitrogen and oxygen atoms in total. The van der Waals surface area contributed by atoms with E-state index in [-0.39, 0.29) is 0 Å². The van der Waals surface area contributed by atoms with Crippen LogP contribution in [0, 0.1) is 13.8 Å². The molecular weight excluding hydrogens is 639 g/mol. The van der Waals surface area contributed by atoms with E-state index in [4.69, 9.17) is 15.2 Å². The third-order valence-electron chi connectivity index (χ3n) is 9.77. The molecule has 0 saturated heterocycles. The van der Waals surface area contributed by atoms with E-state index in [0.29, 0.717) is 12.4 Å². The predicted octanol–water partition coefficient (Wildman–Crippen LogP) is 9.07. The highest BCUT2D eigenvalue weighted by atomic mass is 15.6. The molecule has 3 heterocycles. The molecule has 0 fully saturated rings. The lowest BCUT2D eigenvalue weighted by molar-refractivity contribution is 0.443. The van der Waals surface area contributed by atoms with Crippen LogP contribution in [0.15, 0.2) is 152 Å². The molecule has 0 aliphatic heterocycles. The van der Waals surface area contributed by atoms with Crippen molar-refractivity contribution in [3.05, 3.63) is 208 Å². The fraction of sp³-hybridized carbons (Fsp3) is 0.133. The van der Waals surface area contributed by atoms with E-state index < -0.39 is 5.54 Å². The Morgan fingerprint density at radius 2 is 1.19 bits per heavy atom. The molecule has 5 aromatic carbocycles. The summed E-state index contributed by atoms with van der Waals surface area (Å²) in [5.41, 5.74) is 10.7. The van der Waals surface area contributed by atoms with Gasteiger partial charge in [0.2, 0.25) is 0 Å². The van der Waals surface area contributed by atoms with Gasteiger partial charge in [0.15, 0.2) is 11.5 Å². The van der Waals surface area contributed by atoms with Crippen molar-refractivity contribution in [1.29, 1.82) is 0 Å². The molecule has 0 aliphatic carbocycles. The number of nitrogens with zero attached hydrogens (tertiary/aromatic N) is 7. The Hall–Kier alpha value is -6.47. The fourth-order valence-corrected chi connectivity index (χ4v) is 7.36. The monoisotopic (exact) mass is 677 g/mol. The largest absolute Gasteiger partial charge is 0.308 e. The second-order valence-electron chi connectivity index (χ2n) is 13.1. The summed E-state index contributed by atoms with van der Waals surface area (Å²) < 4.78 is 4.22. The number of rotatable bonds is 10. The van der Waals surface area contributed by atoms with Gasteiger partial charge in [0.1, 0.15) is 16.9 Å². The van der Waals surface area contributed by atoms with Gasteiger partial charge in [-0.1, -0.05) is 153 Å². The van der Waals surface area contributed by atoms with E-state index in [1.807, 2.05) is 35.9 Å². The molecule has 0 saturated carbocycles. The Balaban J connectivity index is 1.27. The normalized spacial score (nSPS) is 12.0. The van der Waals surface area contributed by atoms with E-state index in [0.717, 1.165) is 68.1 Å². The van der Waals surface area contributed by atoms with Gasteiger partial charge in [0.05, 0.1) is 6.54 Å². The molecule has 3 aromatic heterocycles. The third kappa shape index (κ3) is 5.90. The van der Waals surface area contributed by atoms with Crippen LogP contribution in [0.1, 0.15) is 63.2 Å². The van der Waals surface area contributed by atoms with Gasteiger partial charge in [0.25, 0.3) is 0 Å². The zero-order chi connectivity index (χ0) is 35.5. The molecule has 0 radical (unpaired) electrons. The van der Waals surface area contributed by atoms with E-state index in [2.05, 4.69) is 162 Å². The summed E-state index contributed by atoms with van der Waals surface area (Å²) in [6.45, 7) is 6.99. The van der Waals surface area contributed by atoms with E-state index in [1.165, 1.54) is 5.56 Å². The number of aromatic nitrogens is 7. The highest BCUT2D eigenvalue weighted by Crippen LogP contribution is 2.41. The summed E-state index contributed by atoms with van der Waals surface area (Å²) >= 11 is 0. The average Bonchev–Trinajstić information content (AvgIpc) is 3.81. The van der Waals surface area contributed by atoms with E-state index >= 15 is 0 Å². The van der Waals surface area contributed by atoms with Crippen LogP contribution in [0.3, 0.4) is 0 Å². The Morgan fingerprint density at radius 1 is 0.654 bits per heavy atom. The maximum Gasteiger partial charge on any atom is 0.177 e. The van der Waals surface area contributed by atoms with Gasteiger partial charge >= 0.3 is 0 Å². The molecule has 8 rings (SSSR count). The highest BCUT2D eigenvalue weighted by molar-refractivity contribution is 5.90. The summed E-state index contributed by atoms with van der Waals surface area (Å²) in [5.74, 6) is 1.67. The lowest BCUT2D eigenvalue weighted by atomic mass is 9.77. The molecule has 0 atom stereocenters. The highest BCUT2D eigenvalue weighted by Gasteiger charge is 2.41. The first-order valence-corrected chi connectivity index (χ1v) is 17.7. The minimum absolute atomic E-state index is 0.633. The maximum atomic E-state index is 4.96. The van der Waals surface area contributed by atoms with Gasteiger partial charge in [-0.2, -0.15) is 0 Å². The number of fused-ring (bicyclic) bond motifs is 1. The molecule has 52 heavy (non-hydrogen) atoms. The standard InChI is InChI=1S/C45H39N7/c1-4-41-47-43-32(2)29-33(3)46-44(43)51(41)31-34-25-27-36(28-26-34)40(35-17-9-5-10-18-35)30-42-48-49-50-52(42)45(37-19-11-6-12-20-37,38-21-13-7-14-22-38)39-23-15-8-16-24-39/h5-30H,4,31H2,1-3H3. The second-order valence-corrected chi connectivity index (χ2v) is 13.1. The molecule has 0 bridgehead atoms. The molecule has 0 spiro atoms. The summed E-state index contributed by atoms with van der Waals surface area (Å²) in [6, 6.07) is 52.8. The molecule has 0 aliphatic rings. The van der Waals surface area contributed by atoms with Crippen molar-refractivity contribution in [2.45, 2.75) is 39.3 Å². The summed E-state index contributed by atoms with van der Waals surface area (Å²) in [5, 5.41) is 13.8. The first kappa shape index (κ1) is 32.7. The van der Waals surface area contributed by atoms with Crippen molar-refractivity contribution in [2.24, 2.45) is 0 Å². The molecular formula is C45H39N7. The number of pyridine rings is 1. The first-order valence-electron chi connectivity index (χ1n) is 17.7. The van der Waals surface area contributed by atoms with Gasteiger partial charge in [-0.25, -0.2) is 14.6 Å². The number of tetrazole rings is 1. The van der Waals surface area contributed by atoms with Crippen LogP contribution in [0.2, 0.25) is 0 Å². The Bertz CT molecular complexity index is 2370. The van der Waals surface area contributed by atoms with Gasteiger partial charge in [0, 0.05) is 12.1 Å².